The molecule has 7 heteroatoms. The van der Waals surface area contributed by atoms with Gasteiger partial charge < -0.3 is 16.0 Å². The molecule has 2 rings (SSSR count). The van der Waals surface area contributed by atoms with Gasteiger partial charge in [0.1, 0.15) is 0 Å². The summed E-state index contributed by atoms with van der Waals surface area (Å²) in [6.45, 7) is 0.782. The van der Waals surface area contributed by atoms with E-state index in [2.05, 4.69) is 15.3 Å². The average Bonchev–Trinajstić information content (AvgIpc) is 3.01. The lowest BCUT2D eigenvalue weighted by molar-refractivity contribution is -0.129. The van der Waals surface area contributed by atoms with E-state index in [4.69, 9.17) is 5.73 Å². The number of thioether (sulfide) groups is 1. The first kappa shape index (κ1) is 14.8. The molecule has 0 fully saturated rings. The third kappa shape index (κ3) is 4.50. The number of aromatic nitrogens is 2. The number of hydrogen-bond acceptors (Lipinski definition) is 6. The third-order valence-electron chi connectivity index (χ3n) is 2.94. The van der Waals surface area contributed by atoms with Gasteiger partial charge in [0, 0.05) is 25.1 Å². The summed E-state index contributed by atoms with van der Waals surface area (Å²) < 4.78 is 0. The molecule has 3 N–H and O–H groups in total. The minimum Gasteiger partial charge on any atom is -0.354 e. The van der Waals surface area contributed by atoms with Gasteiger partial charge in [-0.2, -0.15) is 0 Å². The van der Waals surface area contributed by atoms with Crippen molar-refractivity contribution in [1.82, 2.24) is 14.9 Å². The molecule has 1 aliphatic rings. The number of carbonyl (C=O) groups is 1. The van der Waals surface area contributed by atoms with Crippen molar-refractivity contribution >= 4 is 23.6 Å². The van der Waals surface area contributed by atoms with Crippen LogP contribution in [0, 0.1) is 0 Å². The van der Waals surface area contributed by atoms with Crippen molar-refractivity contribution in [3.8, 4) is 0 Å². The predicted octanol–water partition coefficient (Wildman–Crippen LogP) is 1.39. The molecule has 2 heterocycles. The van der Waals surface area contributed by atoms with E-state index < -0.39 is 6.04 Å². The SMILES string of the molecule is N[C@@H](CCCCNc1ncccn1)C(=O)N1C=CSC1. The second-order valence-corrected chi connectivity index (χ2v) is 5.35. The number of hydrogen-bond donors (Lipinski definition) is 2. The Balaban J connectivity index is 1.58. The third-order valence-corrected chi connectivity index (χ3v) is 3.68. The fourth-order valence-corrected chi connectivity index (χ4v) is 2.53. The van der Waals surface area contributed by atoms with E-state index >= 15 is 0 Å². The van der Waals surface area contributed by atoms with Crippen molar-refractivity contribution in [1.29, 1.82) is 0 Å². The maximum atomic E-state index is 11.9. The van der Waals surface area contributed by atoms with Gasteiger partial charge in [0.05, 0.1) is 11.9 Å². The Bertz CT molecular complexity index is 453. The zero-order chi connectivity index (χ0) is 14.2. The van der Waals surface area contributed by atoms with E-state index in [1.165, 1.54) is 0 Å². The Morgan fingerprint density at radius 3 is 2.95 bits per heavy atom. The van der Waals surface area contributed by atoms with Crippen LogP contribution in [0.15, 0.2) is 30.1 Å². The Morgan fingerprint density at radius 2 is 2.25 bits per heavy atom. The van der Waals surface area contributed by atoms with E-state index in [0.29, 0.717) is 18.2 Å². The van der Waals surface area contributed by atoms with Crippen LogP contribution in [-0.2, 0) is 4.79 Å². The fraction of sp³-hybridized carbons (Fsp3) is 0.462. The number of rotatable bonds is 7. The predicted molar refractivity (Wildman–Crippen MR) is 80.8 cm³/mol. The maximum Gasteiger partial charge on any atom is 0.244 e. The Hall–Kier alpha value is -1.60. The molecule has 1 aromatic rings. The molecule has 1 aromatic heterocycles. The second kappa shape index (κ2) is 7.86. The van der Waals surface area contributed by atoms with Crippen LogP contribution in [0.2, 0.25) is 0 Å². The van der Waals surface area contributed by atoms with Crippen molar-refractivity contribution < 1.29 is 4.79 Å². The highest BCUT2D eigenvalue weighted by Gasteiger charge is 2.20. The van der Waals surface area contributed by atoms with Crippen LogP contribution in [0.3, 0.4) is 0 Å². The molecule has 0 radical (unpaired) electrons. The van der Waals surface area contributed by atoms with Crippen LogP contribution in [0.5, 0.6) is 0 Å². The molecule has 1 atom stereocenters. The smallest absolute Gasteiger partial charge is 0.244 e. The summed E-state index contributed by atoms with van der Waals surface area (Å²) >= 11 is 1.60. The number of anilines is 1. The largest absolute Gasteiger partial charge is 0.354 e. The van der Waals surface area contributed by atoms with Gasteiger partial charge in [0.2, 0.25) is 11.9 Å². The van der Waals surface area contributed by atoms with E-state index in [1.807, 2.05) is 5.41 Å². The highest BCUT2D eigenvalue weighted by molar-refractivity contribution is 8.02. The number of nitrogens with zero attached hydrogens (tertiary/aromatic N) is 3. The molecule has 0 saturated carbocycles. The van der Waals surface area contributed by atoms with Crippen LogP contribution in [0.4, 0.5) is 5.95 Å². The first-order valence-corrected chi connectivity index (χ1v) is 7.67. The molecule has 0 spiro atoms. The van der Waals surface area contributed by atoms with Gasteiger partial charge in [-0.1, -0.05) is 0 Å². The van der Waals surface area contributed by atoms with E-state index in [-0.39, 0.29) is 5.91 Å². The molecular formula is C13H19N5OS. The van der Waals surface area contributed by atoms with Crippen LogP contribution in [0.1, 0.15) is 19.3 Å². The quantitative estimate of drug-likeness (QED) is 0.739. The lowest BCUT2D eigenvalue weighted by Crippen LogP contribution is -2.40. The zero-order valence-corrected chi connectivity index (χ0v) is 12.1. The summed E-state index contributed by atoms with van der Waals surface area (Å²) in [7, 11) is 0. The van der Waals surface area contributed by atoms with Gasteiger partial charge in [-0.05, 0) is 30.7 Å². The van der Waals surface area contributed by atoms with E-state index in [9.17, 15) is 4.79 Å². The maximum absolute atomic E-state index is 11.9. The summed E-state index contributed by atoms with van der Waals surface area (Å²) in [5.74, 6) is 1.32. The van der Waals surface area contributed by atoms with Gasteiger partial charge in [-0.3, -0.25) is 4.79 Å². The van der Waals surface area contributed by atoms with E-state index in [1.54, 1.807) is 41.3 Å². The van der Waals surface area contributed by atoms with Crippen molar-refractivity contribution in [2.45, 2.75) is 25.3 Å². The van der Waals surface area contributed by atoms with Crippen molar-refractivity contribution in [2.24, 2.45) is 5.73 Å². The lowest BCUT2D eigenvalue weighted by Gasteiger charge is -2.18. The van der Waals surface area contributed by atoms with Gasteiger partial charge in [0.15, 0.2) is 0 Å². The second-order valence-electron chi connectivity index (χ2n) is 4.49. The summed E-state index contributed by atoms with van der Waals surface area (Å²) in [6.07, 6.45) is 7.73. The van der Waals surface area contributed by atoms with Crippen LogP contribution in [0.25, 0.3) is 0 Å². The first-order chi connectivity index (χ1) is 9.77. The molecule has 6 nitrogen and oxygen atoms in total. The van der Waals surface area contributed by atoms with Gasteiger partial charge >= 0.3 is 0 Å². The lowest BCUT2D eigenvalue weighted by atomic mass is 10.1. The Morgan fingerprint density at radius 1 is 1.45 bits per heavy atom. The Labute approximate surface area is 122 Å². The minimum atomic E-state index is -0.411. The number of carbonyl (C=O) groups excluding carboxylic acids is 1. The van der Waals surface area contributed by atoms with Gasteiger partial charge in [-0.25, -0.2) is 9.97 Å². The van der Waals surface area contributed by atoms with Gasteiger partial charge in [0.25, 0.3) is 0 Å². The molecule has 0 aliphatic carbocycles. The molecule has 108 valence electrons. The molecule has 1 aliphatic heterocycles. The highest BCUT2D eigenvalue weighted by Crippen LogP contribution is 2.16. The summed E-state index contributed by atoms with van der Waals surface area (Å²) in [5.41, 5.74) is 5.91. The van der Waals surface area contributed by atoms with E-state index in [0.717, 1.165) is 19.4 Å². The highest BCUT2D eigenvalue weighted by atomic mass is 32.2. The molecule has 0 aromatic carbocycles. The number of nitrogens with two attached hydrogens (primary N) is 1. The molecular weight excluding hydrogens is 274 g/mol. The van der Waals surface area contributed by atoms with Crippen LogP contribution in [-0.4, -0.2) is 39.2 Å². The molecule has 0 saturated heterocycles. The summed E-state index contributed by atoms with van der Waals surface area (Å²) in [5, 5.41) is 5.04. The number of unbranched alkanes of at least 4 members (excludes halogenated alkanes) is 1. The van der Waals surface area contributed by atoms with Crippen molar-refractivity contribution in [3.05, 3.63) is 30.1 Å². The summed E-state index contributed by atoms with van der Waals surface area (Å²) in [4.78, 5) is 21.8. The van der Waals surface area contributed by atoms with Gasteiger partial charge in [-0.15, -0.1) is 11.8 Å². The monoisotopic (exact) mass is 293 g/mol. The fourth-order valence-electron chi connectivity index (χ4n) is 1.84. The Kier molecular flexibility index (Phi) is 5.82. The standard InChI is InChI=1S/C13H19N5OS/c14-11(12(19)18-8-9-20-10-18)4-1-2-5-15-13-16-6-3-7-17-13/h3,6-9,11H,1-2,4-5,10,14H2,(H,15,16,17)/t11-/m0/s1. The number of amides is 1. The first-order valence-electron chi connectivity index (χ1n) is 6.62. The normalized spacial score (nSPS) is 15.3. The molecule has 0 unspecified atom stereocenters. The average molecular weight is 293 g/mol. The summed E-state index contributed by atoms with van der Waals surface area (Å²) in [6, 6.07) is 1.37. The van der Waals surface area contributed by atoms with Crippen LogP contribution >= 0.6 is 11.8 Å². The van der Waals surface area contributed by atoms with Crippen molar-refractivity contribution in [2.75, 3.05) is 17.7 Å². The van der Waals surface area contributed by atoms with Crippen LogP contribution < -0.4 is 11.1 Å². The topological polar surface area (TPSA) is 84.1 Å². The molecule has 1 amide bonds. The van der Waals surface area contributed by atoms with Crippen molar-refractivity contribution in [3.63, 3.8) is 0 Å². The number of nitrogens with one attached hydrogen (secondary N) is 1. The minimum absolute atomic E-state index is 0.00519. The molecule has 0 bridgehead atoms. The molecule has 20 heavy (non-hydrogen) atoms. The zero-order valence-electron chi connectivity index (χ0n) is 11.2.